The molecule has 0 unspecified atom stereocenters. The van der Waals surface area contributed by atoms with Crippen molar-refractivity contribution in [2.45, 2.75) is 96.8 Å². The van der Waals surface area contributed by atoms with E-state index in [-0.39, 0.29) is 25.2 Å². The minimum atomic E-state index is -1.14. The highest BCUT2D eigenvalue weighted by molar-refractivity contribution is 6.63. The number of nitrogens with zero attached hydrogens (tertiary/aromatic N) is 1. The van der Waals surface area contributed by atoms with E-state index >= 15 is 0 Å². The number of carbonyl (C=O) groups is 3. The van der Waals surface area contributed by atoms with Crippen LogP contribution in [-0.4, -0.2) is 78.1 Å². The van der Waals surface area contributed by atoms with Crippen LogP contribution in [0.15, 0.2) is 72.8 Å². The average molecular weight is 689 g/mol. The molecule has 2 amide bonds. The van der Waals surface area contributed by atoms with Gasteiger partial charge in [-0.15, -0.1) is 0 Å². The Bertz CT molecular complexity index is 1620. The van der Waals surface area contributed by atoms with Gasteiger partial charge in [-0.3, -0.25) is 9.69 Å². The van der Waals surface area contributed by atoms with E-state index in [1.54, 1.807) is 52.1 Å². The second kappa shape index (κ2) is 15.6. The number of nitrogens with one attached hydrogen (secondary N) is 1. The van der Waals surface area contributed by atoms with Crippen LogP contribution in [-0.2, 0) is 47.8 Å². The zero-order chi connectivity index (χ0) is 36.9. The molecule has 1 aliphatic heterocycles. The van der Waals surface area contributed by atoms with Crippen molar-refractivity contribution in [3.8, 4) is 11.5 Å². The van der Waals surface area contributed by atoms with Crippen molar-refractivity contribution in [1.82, 2.24) is 10.2 Å². The molecule has 1 saturated heterocycles. The van der Waals surface area contributed by atoms with Gasteiger partial charge in [0.2, 0.25) is 5.91 Å². The number of aromatic hydroxyl groups is 1. The molecule has 3 aromatic rings. The van der Waals surface area contributed by atoms with Gasteiger partial charge in [-0.25, -0.2) is 9.59 Å². The first-order chi connectivity index (χ1) is 23.4. The van der Waals surface area contributed by atoms with E-state index in [1.807, 2.05) is 64.1 Å². The van der Waals surface area contributed by atoms with Crippen LogP contribution >= 0.6 is 0 Å². The molecule has 0 spiro atoms. The number of phenolic OH excluding ortho intramolecular Hbond substituents is 1. The van der Waals surface area contributed by atoms with E-state index in [9.17, 15) is 19.5 Å². The Labute approximate surface area is 295 Å². The number of ether oxygens (including phenoxy) is 3. The molecule has 12 heteroatoms. The molecule has 1 fully saturated rings. The normalized spacial score (nSPS) is 16.2. The number of hydrogen-bond acceptors (Lipinski definition) is 9. The zero-order valence-corrected chi connectivity index (χ0v) is 30.4. The number of rotatable bonds is 12. The van der Waals surface area contributed by atoms with Crippen LogP contribution in [0.25, 0.3) is 0 Å². The smallest absolute Gasteiger partial charge is 0.498 e. The van der Waals surface area contributed by atoms with E-state index in [0.717, 1.165) is 5.56 Å². The van der Waals surface area contributed by atoms with Crippen molar-refractivity contribution in [1.29, 1.82) is 0 Å². The van der Waals surface area contributed by atoms with Crippen LogP contribution in [0.1, 0.15) is 65.2 Å². The summed E-state index contributed by atoms with van der Waals surface area (Å²) < 4.78 is 29.5. The molecular weight excluding hydrogens is 639 g/mol. The molecule has 268 valence electrons. The third kappa shape index (κ3) is 9.79. The highest BCUT2D eigenvalue weighted by Gasteiger charge is 2.52. The van der Waals surface area contributed by atoms with Gasteiger partial charge in [-0.05, 0) is 83.4 Å². The fraction of sp³-hybridized carbons (Fsp3) is 0.447. The minimum absolute atomic E-state index is 0.00255. The molecule has 0 aromatic heterocycles. The second-order valence-electron chi connectivity index (χ2n) is 14.5. The van der Waals surface area contributed by atoms with Crippen molar-refractivity contribution in [3.63, 3.8) is 0 Å². The summed E-state index contributed by atoms with van der Waals surface area (Å²) in [4.78, 5) is 42.3. The molecule has 11 nitrogen and oxygen atoms in total. The lowest BCUT2D eigenvalue weighted by Gasteiger charge is -2.32. The summed E-state index contributed by atoms with van der Waals surface area (Å²) >= 11 is 0. The number of benzene rings is 3. The van der Waals surface area contributed by atoms with Crippen LogP contribution in [0.4, 0.5) is 4.79 Å². The van der Waals surface area contributed by atoms with Gasteiger partial charge in [0.15, 0.2) is 0 Å². The zero-order valence-electron chi connectivity index (χ0n) is 30.4. The van der Waals surface area contributed by atoms with Gasteiger partial charge in [0, 0.05) is 25.4 Å². The van der Waals surface area contributed by atoms with Crippen LogP contribution < -0.4 is 15.5 Å². The summed E-state index contributed by atoms with van der Waals surface area (Å²) in [6.45, 7) is 13.0. The summed E-state index contributed by atoms with van der Waals surface area (Å²) in [5.41, 5.74) is 0.802. The lowest BCUT2D eigenvalue weighted by molar-refractivity contribution is -0.149. The number of likely N-dealkylation sites (N-methyl/N-ethyl adjacent to an activating group) is 1. The topological polar surface area (TPSA) is 133 Å². The molecule has 0 bridgehead atoms. The number of carbonyl (C=O) groups excluding carboxylic acids is 3. The van der Waals surface area contributed by atoms with Crippen LogP contribution in [0.2, 0.25) is 0 Å². The third-order valence-electron chi connectivity index (χ3n) is 8.88. The molecule has 2 N–H and O–H groups in total. The number of amides is 2. The lowest BCUT2D eigenvalue weighted by Crippen LogP contribution is -2.54. The lowest BCUT2D eigenvalue weighted by atomic mass is 9.77. The predicted octanol–water partition coefficient (Wildman–Crippen LogP) is 4.95. The first-order valence-corrected chi connectivity index (χ1v) is 16.7. The summed E-state index contributed by atoms with van der Waals surface area (Å²) in [6, 6.07) is 18.8. The Hall–Kier alpha value is -4.55. The van der Waals surface area contributed by atoms with Crippen LogP contribution in [0.3, 0.4) is 0 Å². The van der Waals surface area contributed by atoms with Crippen LogP contribution in [0.5, 0.6) is 11.5 Å². The standard InChI is InChI=1S/C38H49BN2O9/c1-36(2,3)48-35(45)41(8)31(23-25-15-18-28(42)19-16-25)33(43)40-30(34(44)47-24-26-13-11-10-12-14-26)22-27-17-20-32(46-9)29(21-27)39-49-37(4,5)38(6,7)50-39/h10-21,30-31,42H,22-24H2,1-9H3,(H,40,43)/t30-,31+/m0/s1. The quantitative estimate of drug-likeness (QED) is 0.200. The van der Waals surface area contributed by atoms with Crippen LogP contribution in [0, 0.1) is 0 Å². The van der Waals surface area contributed by atoms with Crippen molar-refractivity contribution in [3.05, 3.63) is 89.5 Å². The molecule has 50 heavy (non-hydrogen) atoms. The molecular formula is C38H49BN2O9. The van der Waals surface area contributed by atoms with Gasteiger partial charge in [-0.2, -0.15) is 0 Å². The van der Waals surface area contributed by atoms with E-state index in [4.69, 9.17) is 23.5 Å². The summed E-state index contributed by atoms with van der Waals surface area (Å²) in [5.74, 6) is -0.630. The molecule has 0 radical (unpaired) electrons. The van der Waals surface area contributed by atoms with Gasteiger partial charge in [0.05, 0.1) is 18.3 Å². The van der Waals surface area contributed by atoms with Gasteiger partial charge in [0.1, 0.15) is 35.8 Å². The maximum atomic E-state index is 14.1. The molecule has 0 aliphatic carbocycles. The molecule has 0 saturated carbocycles. The largest absolute Gasteiger partial charge is 0.508 e. The summed E-state index contributed by atoms with van der Waals surface area (Å²) in [6.07, 6.45) is -0.568. The average Bonchev–Trinajstić information content (AvgIpc) is 3.28. The molecule has 3 aromatic carbocycles. The van der Waals surface area contributed by atoms with Gasteiger partial charge in [-0.1, -0.05) is 54.6 Å². The summed E-state index contributed by atoms with van der Waals surface area (Å²) in [5, 5.41) is 12.7. The van der Waals surface area contributed by atoms with Gasteiger partial charge >= 0.3 is 19.2 Å². The van der Waals surface area contributed by atoms with Crippen molar-refractivity contribution in [2.24, 2.45) is 0 Å². The Balaban J connectivity index is 1.65. The molecule has 1 aliphatic rings. The highest BCUT2D eigenvalue weighted by Crippen LogP contribution is 2.37. The monoisotopic (exact) mass is 688 g/mol. The first-order valence-electron chi connectivity index (χ1n) is 16.7. The van der Waals surface area contributed by atoms with Gasteiger partial charge < -0.3 is 33.9 Å². The third-order valence-corrected chi connectivity index (χ3v) is 8.88. The summed E-state index contributed by atoms with van der Waals surface area (Å²) in [7, 11) is 2.30. The number of esters is 1. The fourth-order valence-corrected chi connectivity index (χ4v) is 5.31. The Morgan fingerprint density at radius 2 is 1.48 bits per heavy atom. The van der Waals surface area contributed by atoms with Gasteiger partial charge in [0.25, 0.3) is 0 Å². The predicted molar refractivity (Wildman–Crippen MR) is 190 cm³/mol. The Morgan fingerprint density at radius 3 is 2.06 bits per heavy atom. The Kier molecular flexibility index (Phi) is 11.9. The number of hydrogen-bond donors (Lipinski definition) is 2. The van der Waals surface area contributed by atoms with E-state index < -0.39 is 54.0 Å². The number of methoxy groups -OCH3 is 1. The van der Waals surface area contributed by atoms with Crippen molar-refractivity contribution < 1.29 is 43.0 Å². The molecule has 4 rings (SSSR count). The SMILES string of the molecule is COc1ccc(C[C@H](NC(=O)[C@@H](Cc2ccc(O)cc2)N(C)C(=O)OC(C)(C)C)C(=O)OCc2ccccc2)cc1B1OC(C)(C)C(C)(C)O1. The van der Waals surface area contributed by atoms with Crippen molar-refractivity contribution in [2.75, 3.05) is 14.2 Å². The van der Waals surface area contributed by atoms with E-state index in [0.29, 0.717) is 22.3 Å². The maximum absolute atomic E-state index is 14.1. The molecule has 1 heterocycles. The minimum Gasteiger partial charge on any atom is -0.508 e. The van der Waals surface area contributed by atoms with E-state index in [1.165, 1.54) is 24.1 Å². The second-order valence-corrected chi connectivity index (χ2v) is 14.5. The Morgan fingerprint density at radius 1 is 0.880 bits per heavy atom. The van der Waals surface area contributed by atoms with E-state index in [2.05, 4.69) is 5.32 Å². The highest BCUT2D eigenvalue weighted by atomic mass is 16.7. The first kappa shape index (κ1) is 38.3. The molecule has 2 atom stereocenters. The fourth-order valence-electron chi connectivity index (χ4n) is 5.31. The maximum Gasteiger partial charge on any atom is 0.498 e. The number of phenols is 1. The van der Waals surface area contributed by atoms with Crippen molar-refractivity contribution >= 4 is 30.6 Å².